The first-order valence-corrected chi connectivity index (χ1v) is 5.37. The highest BCUT2D eigenvalue weighted by molar-refractivity contribution is 5.88. The molecule has 2 N–H and O–H groups in total. The second kappa shape index (κ2) is 7.29. The van der Waals surface area contributed by atoms with Gasteiger partial charge in [0, 0.05) is 6.54 Å². The number of carbonyl (C=O) groups is 2. The van der Waals surface area contributed by atoms with Gasteiger partial charge in [-0.1, -0.05) is 0 Å². The lowest BCUT2D eigenvalue weighted by molar-refractivity contribution is -0.107. The highest BCUT2D eigenvalue weighted by Crippen LogP contribution is 2.27. The topological polar surface area (TPSA) is 84.9 Å². The number of nitrogens with one attached hydrogen (secondary N) is 1. The van der Waals surface area contributed by atoms with E-state index in [9.17, 15) is 9.59 Å². The van der Waals surface area contributed by atoms with E-state index in [0.717, 1.165) is 6.29 Å². The average Bonchev–Trinajstić information content (AvgIpc) is 2.38. The van der Waals surface area contributed by atoms with Gasteiger partial charge in [-0.2, -0.15) is 0 Å². The first-order chi connectivity index (χ1) is 8.69. The summed E-state index contributed by atoms with van der Waals surface area (Å²) in [5.41, 5.74) is 0.131. The predicted octanol–water partition coefficient (Wildman–Crippen LogP) is 0.561. The van der Waals surface area contributed by atoms with Crippen molar-refractivity contribution in [2.75, 3.05) is 26.8 Å². The van der Waals surface area contributed by atoms with Crippen LogP contribution in [0.1, 0.15) is 10.4 Å². The Morgan fingerprint density at radius 3 is 2.83 bits per heavy atom. The Morgan fingerprint density at radius 1 is 1.44 bits per heavy atom. The molecule has 1 rings (SSSR count). The van der Waals surface area contributed by atoms with Crippen molar-refractivity contribution in [3.63, 3.8) is 0 Å². The molecule has 1 aromatic rings. The monoisotopic (exact) mass is 253 g/mol. The number of aldehydes is 1. The van der Waals surface area contributed by atoms with E-state index >= 15 is 0 Å². The van der Waals surface area contributed by atoms with Crippen LogP contribution in [-0.4, -0.2) is 44.2 Å². The van der Waals surface area contributed by atoms with Crippen LogP contribution in [-0.2, 0) is 4.79 Å². The molecule has 6 nitrogen and oxygen atoms in total. The molecule has 6 heteroatoms. The Morgan fingerprint density at radius 2 is 2.22 bits per heavy atom. The molecule has 0 bridgehead atoms. The van der Waals surface area contributed by atoms with Crippen LogP contribution in [0.2, 0.25) is 0 Å². The maximum Gasteiger partial charge on any atom is 0.335 e. The van der Waals surface area contributed by atoms with E-state index in [1.54, 1.807) is 0 Å². The lowest BCUT2D eigenvalue weighted by atomic mass is 10.2. The summed E-state index contributed by atoms with van der Waals surface area (Å²) < 4.78 is 10.5. The number of hydrogen-bond donors (Lipinski definition) is 2. The van der Waals surface area contributed by atoms with Crippen molar-refractivity contribution in [3.05, 3.63) is 23.8 Å². The number of ether oxygens (including phenoxy) is 2. The van der Waals surface area contributed by atoms with Gasteiger partial charge in [0.1, 0.15) is 12.9 Å². The van der Waals surface area contributed by atoms with E-state index in [-0.39, 0.29) is 12.1 Å². The number of rotatable bonds is 8. The number of aromatic carboxylic acids is 1. The zero-order valence-electron chi connectivity index (χ0n) is 10.0. The lowest BCUT2D eigenvalue weighted by Crippen LogP contribution is -2.22. The molecule has 0 radical (unpaired) electrons. The molecule has 0 saturated carbocycles. The fourth-order valence-electron chi connectivity index (χ4n) is 1.32. The summed E-state index contributed by atoms with van der Waals surface area (Å²) in [7, 11) is 1.48. The number of carboxylic acid groups (broad SMARTS) is 1. The third kappa shape index (κ3) is 4.06. The third-order valence-corrected chi connectivity index (χ3v) is 2.17. The molecule has 0 saturated heterocycles. The van der Waals surface area contributed by atoms with Crippen molar-refractivity contribution in [3.8, 4) is 11.5 Å². The van der Waals surface area contributed by atoms with Crippen LogP contribution < -0.4 is 14.8 Å². The van der Waals surface area contributed by atoms with Crippen LogP contribution in [0.3, 0.4) is 0 Å². The van der Waals surface area contributed by atoms with Crippen molar-refractivity contribution in [1.29, 1.82) is 0 Å². The Balaban J connectivity index is 2.63. The molecule has 0 unspecified atom stereocenters. The largest absolute Gasteiger partial charge is 0.493 e. The minimum Gasteiger partial charge on any atom is -0.493 e. The second-order valence-electron chi connectivity index (χ2n) is 3.39. The fourth-order valence-corrected chi connectivity index (χ4v) is 1.32. The Bertz CT molecular complexity index is 419. The van der Waals surface area contributed by atoms with Gasteiger partial charge >= 0.3 is 5.97 Å². The SMILES string of the molecule is COc1ccc(C(=O)O)cc1OCCNCC=O. The van der Waals surface area contributed by atoms with E-state index in [2.05, 4.69) is 5.32 Å². The molecule has 1 aromatic carbocycles. The molecule has 0 atom stereocenters. The smallest absolute Gasteiger partial charge is 0.335 e. The van der Waals surface area contributed by atoms with Crippen molar-refractivity contribution < 1.29 is 24.2 Å². The summed E-state index contributed by atoms with van der Waals surface area (Å²) in [6.45, 7) is 1.06. The molecular weight excluding hydrogens is 238 g/mol. The van der Waals surface area contributed by atoms with Crippen molar-refractivity contribution >= 4 is 12.3 Å². The van der Waals surface area contributed by atoms with E-state index in [1.165, 1.54) is 25.3 Å². The van der Waals surface area contributed by atoms with E-state index in [0.29, 0.717) is 24.7 Å². The number of benzene rings is 1. The van der Waals surface area contributed by atoms with Crippen LogP contribution in [0, 0.1) is 0 Å². The summed E-state index contributed by atoms with van der Waals surface area (Å²) in [5.74, 6) is -0.192. The van der Waals surface area contributed by atoms with Gasteiger partial charge in [0.2, 0.25) is 0 Å². The predicted molar refractivity (Wildman–Crippen MR) is 64.4 cm³/mol. The highest BCUT2D eigenvalue weighted by Gasteiger charge is 2.09. The van der Waals surface area contributed by atoms with Gasteiger partial charge < -0.3 is 24.7 Å². The van der Waals surface area contributed by atoms with Crippen molar-refractivity contribution in [2.45, 2.75) is 0 Å². The molecule has 0 aliphatic rings. The van der Waals surface area contributed by atoms with Crippen LogP contribution in [0.4, 0.5) is 0 Å². The van der Waals surface area contributed by atoms with Gasteiger partial charge in [-0.15, -0.1) is 0 Å². The summed E-state index contributed by atoms with van der Waals surface area (Å²) in [4.78, 5) is 20.9. The summed E-state index contributed by atoms with van der Waals surface area (Å²) in [6.07, 6.45) is 0.756. The van der Waals surface area contributed by atoms with Crippen LogP contribution >= 0.6 is 0 Å². The maximum absolute atomic E-state index is 10.8. The van der Waals surface area contributed by atoms with Gasteiger partial charge in [0.25, 0.3) is 0 Å². The Hall–Kier alpha value is -2.08. The quantitative estimate of drug-likeness (QED) is 0.520. The zero-order valence-corrected chi connectivity index (χ0v) is 10.0. The van der Waals surface area contributed by atoms with Gasteiger partial charge in [0.15, 0.2) is 11.5 Å². The number of carbonyl (C=O) groups excluding carboxylic acids is 1. The number of hydrogen-bond acceptors (Lipinski definition) is 5. The summed E-state index contributed by atoms with van der Waals surface area (Å²) in [5, 5.41) is 11.7. The maximum atomic E-state index is 10.8. The number of methoxy groups -OCH3 is 1. The standard InChI is InChI=1S/C12H15NO5/c1-17-10-3-2-9(12(15)16)8-11(10)18-7-5-13-4-6-14/h2-3,6,8,13H,4-5,7H2,1H3,(H,15,16). The third-order valence-electron chi connectivity index (χ3n) is 2.17. The molecule has 0 fully saturated rings. The first kappa shape index (κ1) is 14.0. The normalized spacial score (nSPS) is 9.83. The summed E-state index contributed by atoms with van der Waals surface area (Å²) >= 11 is 0. The second-order valence-corrected chi connectivity index (χ2v) is 3.39. The van der Waals surface area contributed by atoms with Gasteiger partial charge in [-0.05, 0) is 18.2 Å². The molecule has 0 heterocycles. The molecule has 0 aliphatic heterocycles. The van der Waals surface area contributed by atoms with Gasteiger partial charge in [0.05, 0.1) is 19.2 Å². The fraction of sp³-hybridized carbons (Fsp3) is 0.333. The van der Waals surface area contributed by atoms with Crippen molar-refractivity contribution in [1.82, 2.24) is 5.32 Å². The molecule has 0 aliphatic carbocycles. The van der Waals surface area contributed by atoms with E-state index in [1.807, 2.05) is 0 Å². The highest BCUT2D eigenvalue weighted by atomic mass is 16.5. The van der Waals surface area contributed by atoms with Crippen LogP contribution in [0.25, 0.3) is 0 Å². The average molecular weight is 253 g/mol. The van der Waals surface area contributed by atoms with Crippen molar-refractivity contribution in [2.24, 2.45) is 0 Å². The summed E-state index contributed by atoms with van der Waals surface area (Å²) in [6, 6.07) is 4.39. The molecule has 0 aromatic heterocycles. The minimum absolute atomic E-state index is 0.131. The molecule has 0 spiro atoms. The molecule has 18 heavy (non-hydrogen) atoms. The Labute approximate surface area is 105 Å². The molecule has 98 valence electrons. The van der Waals surface area contributed by atoms with E-state index in [4.69, 9.17) is 14.6 Å². The minimum atomic E-state index is -1.03. The van der Waals surface area contributed by atoms with Crippen LogP contribution in [0.15, 0.2) is 18.2 Å². The van der Waals surface area contributed by atoms with Crippen LogP contribution in [0.5, 0.6) is 11.5 Å². The molecule has 0 amide bonds. The molecular formula is C12H15NO5. The van der Waals surface area contributed by atoms with Gasteiger partial charge in [-0.25, -0.2) is 4.79 Å². The number of carboxylic acids is 1. The zero-order chi connectivity index (χ0) is 13.4. The van der Waals surface area contributed by atoms with E-state index < -0.39 is 5.97 Å². The lowest BCUT2D eigenvalue weighted by Gasteiger charge is -2.11. The Kier molecular flexibility index (Phi) is 5.66. The van der Waals surface area contributed by atoms with Gasteiger partial charge in [-0.3, -0.25) is 0 Å². The first-order valence-electron chi connectivity index (χ1n) is 5.37.